The van der Waals surface area contributed by atoms with Crippen LogP contribution >= 0.6 is 0 Å². The molecule has 0 aliphatic rings. The Balaban J connectivity index is 4.26. The first-order chi connectivity index (χ1) is 6.44. The monoisotopic (exact) mass is 199 g/mol. The molecule has 0 aromatic rings. The molecule has 0 bridgehead atoms. The largest absolute Gasteiger partial charge is 0.463 e. The number of nitrogens with zero attached hydrogens (tertiary/aromatic N) is 1. The van der Waals surface area contributed by atoms with E-state index in [4.69, 9.17) is 10.00 Å². The van der Waals surface area contributed by atoms with Crippen molar-refractivity contribution in [2.45, 2.75) is 32.8 Å². The van der Waals surface area contributed by atoms with E-state index < -0.39 is 17.5 Å². The van der Waals surface area contributed by atoms with Crippen molar-refractivity contribution in [2.75, 3.05) is 6.61 Å². The summed E-state index contributed by atoms with van der Waals surface area (Å²) in [6, 6.07) is 1.63. The van der Waals surface area contributed by atoms with Gasteiger partial charge in [-0.3, -0.25) is 4.79 Å². The van der Waals surface area contributed by atoms with Crippen LogP contribution in [0.15, 0.2) is 0 Å². The standard InChI is InChI=1S/C9H13NO4/c1-4-13-8(12)9(2,3)14-7(11)5-6-10/h4-5H2,1-3H3. The van der Waals surface area contributed by atoms with Crippen molar-refractivity contribution < 1.29 is 19.1 Å². The summed E-state index contributed by atoms with van der Waals surface area (Å²) in [6.07, 6.45) is -0.372. The predicted octanol–water partition coefficient (Wildman–Crippen LogP) is 0.785. The fourth-order valence-corrected chi connectivity index (χ4v) is 0.732. The van der Waals surface area contributed by atoms with Gasteiger partial charge < -0.3 is 9.47 Å². The highest BCUT2D eigenvalue weighted by atomic mass is 16.6. The van der Waals surface area contributed by atoms with Gasteiger partial charge in [0.2, 0.25) is 5.60 Å². The maximum atomic E-state index is 11.2. The lowest BCUT2D eigenvalue weighted by molar-refractivity contribution is -0.177. The topological polar surface area (TPSA) is 76.4 Å². The Labute approximate surface area is 82.6 Å². The fourth-order valence-electron chi connectivity index (χ4n) is 0.732. The highest BCUT2D eigenvalue weighted by Gasteiger charge is 2.33. The molecule has 0 heterocycles. The Morgan fingerprint density at radius 3 is 2.43 bits per heavy atom. The Kier molecular flexibility index (Phi) is 4.64. The van der Waals surface area contributed by atoms with Gasteiger partial charge in [-0.05, 0) is 20.8 Å². The molecule has 78 valence electrons. The van der Waals surface area contributed by atoms with Gasteiger partial charge in [-0.1, -0.05) is 0 Å². The Morgan fingerprint density at radius 1 is 1.43 bits per heavy atom. The molecular formula is C9H13NO4. The summed E-state index contributed by atoms with van der Waals surface area (Å²) in [5.74, 6) is -1.35. The summed E-state index contributed by atoms with van der Waals surface area (Å²) in [5.41, 5.74) is -1.33. The van der Waals surface area contributed by atoms with Crippen LogP contribution in [0.25, 0.3) is 0 Å². The van der Waals surface area contributed by atoms with Crippen molar-refractivity contribution in [1.29, 1.82) is 5.26 Å². The second-order valence-corrected chi connectivity index (χ2v) is 3.04. The predicted molar refractivity (Wildman–Crippen MR) is 47.0 cm³/mol. The maximum Gasteiger partial charge on any atom is 0.349 e. The van der Waals surface area contributed by atoms with Crippen LogP contribution in [0.1, 0.15) is 27.2 Å². The second kappa shape index (κ2) is 5.22. The first kappa shape index (κ1) is 12.4. The van der Waals surface area contributed by atoms with Gasteiger partial charge in [0.1, 0.15) is 6.42 Å². The summed E-state index contributed by atoms with van der Waals surface area (Å²) < 4.78 is 9.44. The van der Waals surface area contributed by atoms with Crippen LogP contribution in [0.4, 0.5) is 0 Å². The zero-order valence-corrected chi connectivity index (χ0v) is 8.49. The summed E-state index contributed by atoms with van der Waals surface area (Å²) in [4.78, 5) is 22.1. The van der Waals surface area contributed by atoms with E-state index in [0.29, 0.717) is 0 Å². The molecule has 0 atom stereocenters. The smallest absolute Gasteiger partial charge is 0.349 e. The zero-order valence-electron chi connectivity index (χ0n) is 8.49. The van der Waals surface area contributed by atoms with E-state index in [1.807, 2.05) is 0 Å². The van der Waals surface area contributed by atoms with E-state index >= 15 is 0 Å². The summed E-state index contributed by atoms with van der Waals surface area (Å²) in [7, 11) is 0. The number of hydrogen-bond acceptors (Lipinski definition) is 5. The first-order valence-electron chi connectivity index (χ1n) is 4.20. The van der Waals surface area contributed by atoms with E-state index in [0.717, 1.165) is 0 Å². The minimum absolute atomic E-state index is 0.220. The lowest BCUT2D eigenvalue weighted by Crippen LogP contribution is -2.38. The van der Waals surface area contributed by atoms with Crippen molar-refractivity contribution in [3.63, 3.8) is 0 Å². The molecular weight excluding hydrogens is 186 g/mol. The SMILES string of the molecule is CCOC(=O)C(C)(C)OC(=O)CC#N. The quantitative estimate of drug-likeness (QED) is 0.625. The first-order valence-corrected chi connectivity index (χ1v) is 4.20. The molecule has 0 aliphatic carbocycles. The number of hydrogen-bond donors (Lipinski definition) is 0. The summed E-state index contributed by atoms with van der Waals surface area (Å²) in [6.45, 7) is 4.71. The number of nitriles is 1. The van der Waals surface area contributed by atoms with E-state index in [9.17, 15) is 9.59 Å². The van der Waals surface area contributed by atoms with E-state index in [2.05, 4.69) is 4.74 Å². The van der Waals surface area contributed by atoms with Crippen molar-refractivity contribution >= 4 is 11.9 Å². The van der Waals surface area contributed by atoms with Crippen molar-refractivity contribution in [2.24, 2.45) is 0 Å². The van der Waals surface area contributed by atoms with E-state index in [-0.39, 0.29) is 13.0 Å². The summed E-state index contributed by atoms with van der Waals surface area (Å²) >= 11 is 0. The van der Waals surface area contributed by atoms with Crippen LogP contribution in [0.3, 0.4) is 0 Å². The molecule has 0 rings (SSSR count). The molecule has 0 amide bonds. The third-order valence-electron chi connectivity index (χ3n) is 1.36. The van der Waals surface area contributed by atoms with Crippen LogP contribution in [-0.4, -0.2) is 24.1 Å². The van der Waals surface area contributed by atoms with Gasteiger partial charge in [0.05, 0.1) is 12.7 Å². The molecule has 0 fully saturated rings. The molecule has 14 heavy (non-hydrogen) atoms. The minimum Gasteiger partial charge on any atom is -0.463 e. The molecule has 0 radical (unpaired) electrons. The molecule has 0 N–H and O–H groups in total. The van der Waals surface area contributed by atoms with Gasteiger partial charge in [-0.15, -0.1) is 0 Å². The van der Waals surface area contributed by atoms with Gasteiger partial charge in [0.25, 0.3) is 0 Å². The molecule has 0 aromatic heterocycles. The highest BCUT2D eigenvalue weighted by molar-refractivity contribution is 5.83. The third kappa shape index (κ3) is 3.90. The summed E-state index contributed by atoms with van der Waals surface area (Å²) in [5, 5.41) is 8.21. The maximum absolute atomic E-state index is 11.2. The van der Waals surface area contributed by atoms with Crippen LogP contribution in [-0.2, 0) is 19.1 Å². The molecule has 0 saturated heterocycles. The van der Waals surface area contributed by atoms with Gasteiger partial charge in [0.15, 0.2) is 0 Å². The van der Waals surface area contributed by atoms with Crippen LogP contribution in [0.2, 0.25) is 0 Å². The molecule has 5 heteroatoms. The van der Waals surface area contributed by atoms with Crippen molar-refractivity contribution in [3.8, 4) is 6.07 Å². The molecule has 0 spiro atoms. The lowest BCUT2D eigenvalue weighted by atomic mass is 10.1. The average Bonchev–Trinajstić information content (AvgIpc) is 2.03. The number of carbonyl (C=O) groups excluding carboxylic acids is 2. The van der Waals surface area contributed by atoms with Crippen molar-refractivity contribution in [3.05, 3.63) is 0 Å². The zero-order chi connectivity index (χ0) is 11.2. The number of ether oxygens (including phenoxy) is 2. The van der Waals surface area contributed by atoms with Gasteiger partial charge in [-0.2, -0.15) is 5.26 Å². The fraction of sp³-hybridized carbons (Fsp3) is 0.667. The van der Waals surface area contributed by atoms with E-state index in [1.54, 1.807) is 13.0 Å². The van der Waals surface area contributed by atoms with Gasteiger partial charge in [-0.25, -0.2) is 4.79 Å². The molecule has 5 nitrogen and oxygen atoms in total. The van der Waals surface area contributed by atoms with Crippen molar-refractivity contribution in [1.82, 2.24) is 0 Å². The van der Waals surface area contributed by atoms with E-state index in [1.165, 1.54) is 13.8 Å². The van der Waals surface area contributed by atoms with Crippen LogP contribution in [0, 0.1) is 11.3 Å². The van der Waals surface area contributed by atoms with Crippen LogP contribution < -0.4 is 0 Å². The number of rotatable bonds is 4. The lowest BCUT2D eigenvalue weighted by Gasteiger charge is -2.21. The van der Waals surface area contributed by atoms with Gasteiger partial charge in [0, 0.05) is 0 Å². The Hall–Kier alpha value is -1.57. The highest BCUT2D eigenvalue weighted by Crippen LogP contribution is 2.12. The number of carbonyl (C=O) groups is 2. The molecule has 0 unspecified atom stereocenters. The number of esters is 2. The van der Waals surface area contributed by atoms with Crippen LogP contribution in [0.5, 0.6) is 0 Å². The molecule has 0 aliphatic heterocycles. The van der Waals surface area contributed by atoms with Gasteiger partial charge >= 0.3 is 11.9 Å². The normalized spacial score (nSPS) is 10.1. The minimum atomic E-state index is -1.33. The Morgan fingerprint density at radius 2 is 2.00 bits per heavy atom. The average molecular weight is 199 g/mol. The molecule has 0 aromatic carbocycles. The third-order valence-corrected chi connectivity index (χ3v) is 1.36. The molecule has 0 saturated carbocycles. The second-order valence-electron chi connectivity index (χ2n) is 3.04. The Bertz CT molecular complexity index is 264.